The third-order valence-electron chi connectivity index (χ3n) is 2.94. The van der Waals surface area contributed by atoms with Crippen LogP contribution in [0.2, 0.25) is 5.02 Å². The van der Waals surface area contributed by atoms with Gasteiger partial charge < -0.3 is 5.32 Å². The highest BCUT2D eigenvalue weighted by Gasteiger charge is 2.21. The van der Waals surface area contributed by atoms with Crippen molar-refractivity contribution in [1.82, 2.24) is 5.32 Å². The number of hydrogen-bond donors (Lipinski definition) is 1. The highest BCUT2D eigenvalue weighted by molar-refractivity contribution is 9.10. The van der Waals surface area contributed by atoms with Crippen molar-refractivity contribution in [2.45, 2.75) is 6.04 Å². The van der Waals surface area contributed by atoms with E-state index in [1.54, 1.807) is 25.2 Å². The Labute approximate surface area is 127 Å². The minimum Gasteiger partial charge on any atom is -0.309 e. The molecule has 0 aromatic heterocycles. The Kier molecular flexibility index (Phi) is 4.73. The zero-order valence-electron chi connectivity index (χ0n) is 10.4. The van der Waals surface area contributed by atoms with Gasteiger partial charge in [0.1, 0.15) is 0 Å². The Morgan fingerprint density at radius 3 is 2.40 bits per heavy atom. The summed E-state index contributed by atoms with van der Waals surface area (Å²) in [6.07, 6.45) is 0. The van der Waals surface area contributed by atoms with Crippen LogP contribution in [0.25, 0.3) is 0 Å². The molecule has 1 nitrogen and oxygen atoms in total. The molecule has 0 fully saturated rings. The number of rotatable bonds is 3. The van der Waals surface area contributed by atoms with Gasteiger partial charge in [0.25, 0.3) is 0 Å². The Balaban J connectivity index is 2.52. The normalized spacial score (nSPS) is 12.5. The quantitative estimate of drug-likeness (QED) is 0.769. The molecule has 0 heterocycles. The van der Waals surface area contributed by atoms with E-state index in [0.717, 1.165) is 6.07 Å². The van der Waals surface area contributed by atoms with E-state index in [1.807, 2.05) is 0 Å². The van der Waals surface area contributed by atoms with Gasteiger partial charge in [-0.15, -0.1) is 0 Å². The van der Waals surface area contributed by atoms with Gasteiger partial charge in [-0.3, -0.25) is 0 Å². The van der Waals surface area contributed by atoms with Crippen molar-refractivity contribution in [2.24, 2.45) is 0 Å². The third-order valence-corrected chi connectivity index (χ3v) is 4.16. The van der Waals surface area contributed by atoms with Crippen molar-refractivity contribution in [2.75, 3.05) is 7.05 Å². The van der Waals surface area contributed by atoms with Crippen molar-refractivity contribution in [3.63, 3.8) is 0 Å². The number of benzene rings is 2. The van der Waals surface area contributed by atoms with Gasteiger partial charge in [-0.1, -0.05) is 23.7 Å². The summed E-state index contributed by atoms with van der Waals surface area (Å²) >= 11 is 9.17. The summed E-state index contributed by atoms with van der Waals surface area (Å²) in [5.41, 5.74) is 0.703. The summed E-state index contributed by atoms with van der Waals surface area (Å²) in [6.45, 7) is 0. The number of nitrogens with one attached hydrogen (secondary N) is 1. The standard InChI is InChI=1S/C14H10BrClF3N/c1-20-14(7-2-4-10(16)9(15)6-7)8-3-5-11(17)13(19)12(8)18/h2-6,14,20H,1H3. The van der Waals surface area contributed by atoms with Crippen LogP contribution >= 0.6 is 27.5 Å². The molecule has 2 aromatic carbocycles. The second kappa shape index (κ2) is 6.16. The van der Waals surface area contributed by atoms with Crippen LogP contribution in [0.15, 0.2) is 34.8 Å². The molecule has 2 rings (SSSR count). The van der Waals surface area contributed by atoms with Crippen molar-refractivity contribution in [3.8, 4) is 0 Å². The minimum absolute atomic E-state index is 0.0284. The molecule has 106 valence electrons. The molecule has 0 radical (unpaired) electrons. The van der Waals surface area contributed by atoms with Crippen molar-refractivity contribution < 1.29 is 13.2 Å². The first-order valence-corrected chi connectivity index (χ1v) is 6.88. The predicted molar refractivity (Wildman–Crippen MR) is 76.4 cm³/mol. The molecule has 0 spiro atoms. The van der Waals surface area contributed by atoms with Crippen molar-refractivity contribution >= 4 is 27.5 Å². The average Bonchev–Trinajstić information content (AvgIpc) is 2.43. The summed E-state index contributed by atoms with van der Waals surface area (Å²) in [6, 6.07) is 6.54. The van der Waals surface area contributed by atoms with Gasteiger partial charge in [-0.25, -0.2) is 13.2 Å². The summed E-state index contributed by atoms with van der Waals surface area (Å²) in [5.74, 6) is -3.88. The maximum atomic E-state index is 13.9. The lowest BCUT2D eigenvalue weighted by Gasteiger charge is -2.19. The molecule has 1 N–H and O–H groups in total. The van der Waals surface area contributed by atoms with E-state index >= 15 is 0 Å². The molecule has 0 saturated carbocycles. The lowest BCUT2D eigenvalue weighted by Crippen LogP contribution is -2.19. The van der Waals surface area contributed by atoms with Crippen LogP contribution in [0.3, 0.4) is 0 Å². The zero-order valence-corrected chi connectivity index (χ0v) is 12.7. The molecule has 0 bridgehead atoms. The highest BCUT2D eigenvalue weighted by atomic mass is 79.9. The summed E-state index contributed by atoms with van der Waals surface area (Å²) in [4.78, 5) is 0. The fourth-order valence-corrected chi connectivity index (χ4v) is 2.47. The number of hydrogen-bond acceptors (Lipinski definition) is 1. The first kappa shape index (κ1) is 15.4. The Morgan fingerprint density at radius 1 is 1.10 bits per heavy atom. The molecule has 0 amide bonds. The molecule has 2 aromatic rings. The van der Waals surface area contributed by atoms with E-state index in [-0.39, 0.29) is 5.56 Å². The Bertz CT molecular complexity index is 649. The maximum Gasteiger partial charge on any atom is 0.194 e. The van der Waals surface area contributed by atoms with E-state index < -0.39 is 23.5 Å². The Hall–Kier alpha value is -1.04. The molecule has 0 aliphatic rings. The third kappa shape index (κ3) is 2.85. The molecule has 0 aliphatic carbocycles. The van der Waals surface area contributed by atoms with Crippen LogP contribution in [0, 0.1) is 17.5 Å². The van der Waals surface area contributed by atoms with Gasteiger partial charge in [0.05, 0.1) is 11.1 Å². The lowest BCUT2D eigenvalue weighted by molar-refractivity contribution is 0.435. The Morgan fingerprint density at radius 2 is 1.80 bits per heavy atom. The molecule has 20 heavy (non-hydrogen) atoms. The van der Waals surface area contributed by atoms with Gasteiger partial charge in [0.15, 0.2) is 17.5 Å². The SMILES string of the molecule is CNC(c1ccc(Cl)c(Br)c1)c1ccc(F)c(F)c1F. The monoisotopic (exact) mass is 363 g/mol. The summed E-state index contributed by atoms with van der Waals surface area (Å²) in [5, 5.41) is 3.38. The van der Waals surface area contributed by atoms with Crippen LogP contribution in [0.5, 0.6) is 0 Å². The molecule has 1 unspecified atom stereocenters. The highest BCUT2D eigenvalue weighted by Crippen LogP contribution is 2.31. The van der Waals surface area contributed by atoms with Crippen LogP contribution in [-0.4, -0.2) is 7.05 Å². The summed E-state index contributed by atoms with van der Waals surface area (Å²) in [7, 11) is 1.61. The van der Waals surface area contributed by atoms with E-state index in [1.165, 1.54) is 6.07 Å². The van der Waals surface area contributed by atoms with Crippen LogP contribution in [0.4, 0.5) is 13.2 Å². The number of halogens is 5. The van der Waals surface area contributed by atoms with Gasteiger partial charge in [-0.2, -0.15) is 0 Å². The van der Waals surface area contributed by atoms with Crippen LogP contribution < -0.4 is 5.32 Å². The van der Waals surface area contributed by atoms with Crippen molar-refractivity contribution in [1.29, 1.82) is 0 Å². The van der Waals surface area contributed by atoms with E-state index in [4.69, 9.17) is 11.6 Å². The average molecular weight is 365 g/mol. The second-order valence-corrected chi connectivity index (χ2v) is 5.42. The topological polar surface area (TPSA) is 12.0 Å². The first-order valence-electron chi connectivity index (χ1n) is 5.71. The molecular formula is C14H10BrClF3N. The minimum atomic E-state index is -1.48. The molecule has 1 atom stereocenters. The fraction of sp³-hybridized carbons (Fsp3) is 0.143. The lowest BCUT2D eigenvalue weighted by atomic mass is 9.98. The van der Waals surface area contributed by atoms with E-state index in [9.17, 15) is 13.2 Å². The second-order valence-electron chi connectivity index (χ2n) is 4.16. The largest absolute Gasteiger partial charge is 0.309 e. The van der Waals surface area contributed by atoms with Gasteiger partial charge in [0, 0.05) is 10.0 Å². The first-order chi connectivity index (χ1) is 9.45. The molecule has 0 aliphatic heterocycles. The molecule has 0 saturated heterocycles. The summed E-state index contributed by atoms with van der Waals surface area (Å²) < 4.78 is 40.8. The fourth-order valence-electron chi connectivity index (χ4n) is 1.96. The zero-order chi connectivity index (χ0) is 14.9. The van der Waals surface area contributed by atoms with E-state index in [0.29, 0.717) is 15.1 Å². The smallest absolute Gasteiger partial charge is 0.194 e. The van der Waals surface area contributed by atoms with Gasteiger partial charge in [-0.05, 0) is 46.7 Å². The molecule has 6 heteroatoms. The van der Waals surface area contributed by atoms with E-state index in [2.05, 4.69) is 21.2 Å². The maximum absolute atomic E-state index is 13.9. The van der Waals surface area contributed by atoms with Crippen LogP contribution in [-0.2, 0) is 0 Å². The van der Waals surface area contributed by atoms with Crippen molar-refractivity contribution in [3.05, 3.63) is 68.4 Å². The molecular weight excluding hydrogens is 355 g/mol. The van der Waals surface area contributed by atoms with Crippen LogP contribution in [0.1, 0.15) is 17.2 Å². The van der Waals surface area contributed by atoms with Gasteiger partial charge >= 0.3 is 0 Å². The predicted octanol–water partition coefficient (Wildman–Crippen LogP) is 4.83. The van der Waals surface area contributed by atoms with Gasteiger partial charge in [0.2, 0.25) is 0 Å².